The Bertz CT molecular complexity index is 3490. The molecule has 0 aliphatic rings. The summed E-state index contributed by atoms with van der Waals surface area (Å²) in [5.74, 6) is 0. The quantitative estimate of drug-likeness (QED) is 0.114. The molecule has 0 bridgehead atoms. The first kappa shape index (κ1) is 45.4. The second-order valence-electron chi connectivity index (χ2n) is 18.5. The Balaban J connectivity index is 0.936. The molecule has 0 aromatic heterocycles. The first-order valence-electron chi connectivity index (χ1n) is 25.3. The van der Waals surface area contributed by atoms with Crippen molar-refractivity contribution in [2.45, 2.75) is 0 Å². The molecule has 0 heterocycles. The molecule has 0 unspecified atom stereocenters. The molecule has 74 heavy (non-hydrogen) atoms. The maximum absolute atomic E-state index is 2.40. The van der Waals surface area contributed by atoms with E-state index in [0.717, 1.165) is 67.5 Å². The minimum Gasteiger partial charge on any atom is -0.310 e. The zero-order valence-electron chi connectivity index (χ0n) is 40.9. The van der Waals surface area contributed by atoms with Gasteiger partial charge in [0, 0.05) is 33.9 Å². The summed E-state index contributed by atoms with van der Waals surface area (Å²) < 4.78 is 0. The molecule has 0 aliphatic carbocycles. The van der Waals surface area contributed by atoms with Crippen LogP contribution in [0, 0.1) is 0 Å². The van der Waals surface area contributed by atoms with Gasteiger partial charge in [0.15, 0.2) is 0 Å². The predicted molar refractivity (Wildman–Crippen MR) is 314 cm³/mol. The van der Waals surface area contributed by atoms with Crippen molar-refractivity contribution in [2.75, 3.05) is 9.80 Å². The number of hydrogen-bond donors (Lipinski definition) is 0. The summed E-state index contributed by atoms with van der Waals surface area (Å²) >= 11 is 0. The van der Waals surface area contributed by atoms with E-state index in [1.54, 1.807) is 0 Å². The lowest BCUT2D eigenvalue weighted by Gasteiger charge is -2.29. The number of hydrogen-bond acceptors (Lipinski definition) is 2. The Kier molecular flexibility index (Phi) is 12.8. The van der Waals surface area contributed by atoms with Crippen molar-refractivity contribution in [2.24, 2.45) is 0 Å². The second kappa shape index (κ2) is 20.9. The van der Waals surface area contributed by atoms with E-state index in [-0.39, 0.29) is 0 Å². The zero-order chi connectivity index (χ0) is 49.5. The molecule has 2 heteroatoms. The van der Waals surface area contributed by atoms with E-state index in [1.165, 1.54) is 44.5 Å². The highest BCUT2D eigenvalue weighted by Crippen LogP contribution is 2.46. The van der Waals surface area contributed by atoms with Crippen LogP contribution in [0.15, 0.2) is 315 Å². The monoisotopic (exact) mass is 944 g/mol. The molecule has 0 atom stereocenters. The number of nitrogens with zero attached hydrogens (tertiary/aromatic N) is 2. The van der Waals surface area contributed by atoms with E-state index in [4.69, 9.17) is 0 Å². The lowest BCUT2D eigenvalue weighted by atomic mass is 9.95. The van der Waals surface area contributed by atoms with Crippen LogP contribution in [0.5, 0.6) is 0 Å². The van der Waals surface area contributed by atoms with Crippen molar-refractivity contribution < 1.29 is 0 Å². The SMILES string of the molecule is c1ccc(-c2ccc(N(c3ccc(-c4ccc(N(c5ccc(-c6ccccc6)cc5)c5ccc(-c6ccccc6)cc5-c5ccccc5)cc4)cc3)c3ccc(-c4ccccc4)cc3-c3ccccc3)cc2)cc1. The Hall–Kier alpha value is -9.76. The molecule has 0 N–H and O–H groups in total. The van der Waals surface area contributed by atoms with Crippen LogP contribution in [0.1, 0.15) is 0 Å². The van der Waals surface area contributed by atoms with Gasteiger partial charge >= 0.3 is 0 Å². The average Bonchev–Trinajstić information content (AvgIpc) is 3.50. The molecular weight excluding hydrogens is 893 g/mol. The normalized spacial score (nSPS) is 11.0. The molecular formula is C72H52N2. The van der Waals surface area contributed by atoms with Gasteiger partial charge in [-0.1, -0.05) is 243 Å². The van der Waals surface area contributed by atoms with Gasteiger partial charge in [0.2, 0.25) is 0 Å². The molecule has 0 radical (unpaired) electrons. The zero-order valence-corrected chi connectivity index (χ0v) is 40.9. The maximum atomic E-state index is 2.40. The van der Waals surface area contributed by atoms with E-state index >= 15 is 0 Å². The molecule has 12 rings (SSSR count). The fourth-order valence-electron chi connectivity index (χ4n) is 10.1. The first-order chi connectivity index (χ1) is 36.7. The van der Waals surface area contributed by atoms with Gasteiger partial charge in [0.25, 0.3) is 0 Å². The van der Waals surface area contributed by atoms with E-state index in [2.05, 4.69) is 325 Å². The van der Waals surface area contributed by atoms with E-state index in [0.29, 0.717) is 0 Å². The number of benzene rings is 12. The Morgan fingerprint density at radius 3 is 0.581 bits per heavy atom. The Morgan fingerprint density at radius 1 is 0.149 bits per heavy atom. The lowest BCUT2D eigenvalue weighted by Crippen LogP contribution is -2.11. The third-order valence-corrected chi connectivity index (χ3v) is 13.9. The first-order valence-corrected chi connectivity index (χ1v) is 25.3. The molecule has 350 valence electrons. The maximum Gasteiger partial charge on any atom is 0.0540 e. The van der Waals surface area contributed by atoms with Crippen molar-refractivity contribution >= 4 is 34.1 Å². The van der Waals surface area contributed by atoms with Gasteiger partial charge in [0.05, 0.1) is 11.4 Å². The van der Waals surface area contributed by atoms with E-state index in [1.807, 2.05) is 0 Å². The summed E-state index contributed by atoms with van der Waals surface area (Å²) in [5, 5.41) is 0. The van der Waals surface area contributed by atoms with Crippen molar-refractivity contribution in [3.63, 3.8) is 0 Å². The lowest BCUT2D eigenvalue weighted by molar-refractivity contribution is 1.28. The summed E-state index contributed by atoms with van der Waals surface area (Å²) in [6, 6.07) is 114. The van der Waals surface area contributed by atoms with Gasteiger partial charge in [0.1, 0.15) is 0 Å². The van der Waals surface area contributed by atoms with Gasteiger partial charge in [-0.05, 0) is 140 Å². The predicted octanol–water partition coefficient (Wildman–Crippen LogP) is 20.3. The van der Waals surface area contributed by atoms with Crippen molar-refractivity contribution in [1.82, 2.24) is 0 Å². The van der Waals surface area contributed by atoms with Crippen LogP contribution in [-0.2, 0) is 0 Å². The minimum absolute atomic E-state index is 1.07. The fraction of sp³-hybridized carbons (Fsp3) is 0. The highest BCUT2D eigenvalue weighted by Gasteiger charge is 2.21. The summed E-state index contributed by atoms with van der Waals surface area (Å²) in [7, 11) is 0. The van der Waals surface area contributed by atoms with Crippen LogP contribution in [0.2, 0.25) is 0 Å². The second-order valence-corrected chi connectivity index (χ2v) is 18.5. The Morgan fingerprint density at radius 2 is 0.338 bits per heavy atom. The van der Waals surface area contributed by atoms with Gasteiger partial charge in [-0.3, -0.25) is 0 Å². The number of anilines is 6. The van der Waals surface area contributed by atoms with Crippen molar-refractivity contribution in [3.8, 4) is 77.9 Å². The Labute approximate surface area is 435 Å². The highest BCUT2D eigenvalue weighted by molar-refractivity contribution is 5.93. The van der Waals surface area contributed by atoms with Crippen LogP contribution in [0.3, 0.4) is 0 Å². The van der Waals surface area contributed by atoms with Crippen LogP contribution in [0.25, 0.3) is 77.9 Å². The summed E-state index contributed by atoms with van der Waals surface area (Å²) in [5.41, 5.74) is 22.9. The van der Waals surface area contributed by atoms with Gasteiger partial charge in [-0.15, -0.1) is 0 Å². The summed E-state index contributed by atoms with van der Waals surface area (Å²) in [6.45, 7) is 0. The fourth-order valence-corrected chi connectivity index (χ4v) is 10.1. The summed E-state index contributed by atoms with van der Waals surface area (Å²) in [4.78, 5) is 4.79. The largest absolute Gasteiger partial charge is 0.310 e. The molecule has 0 fully saturated rings. The smallest absolute Gasteiger partial charge is 0.0540 e. The summed E-state index contributed by atoms with van der Waals surface area (Å²) in [6.07, 6.45) is 0. The molecule has 0 spiro atoms. The molecule has 12 aromatic carbocycles. The van der Waals surface area contributed by atoms with Crippen LogP contribution >= 0.6 is 0 Å². The van der Waals surface area contributed by atoms with Gasteiger partial charge in [-0.2, -0.15) is 0 Å². The third-order valence-electron chi connectivity index (χ3n) is 13.9. The van der Waals surface area contributed by atoms with Crippen LogP contribution in [0.4, 0.5) is 34.1 Å². The molecule has 0 aliphatic heterocycles. The van der Waals surface area contributed by atoms with Gasteiger partial charge < -0.3 is 9.80 Å². The average molecular weight is 945 g/mol. The molecule has 0 amide bonds. The third kappa shape index (κ3) is 9.56. The molecule has 2 nitrogen and oxygen atoms in total. The molecule has 0 saturated carbocycles. The standard InChI is InChI=1S/C72H52N2/c1-7-19-53(20-8-1)57-31-41-65(42-32-57)73(71-49-39-63(55-23-11-3-12-24-55)51-69(71)61-27-15-5-16-28-61)67-45-35-59(36-46-67)60-37-47-68(48-38-60)74(66-43-33-58(34-44-66)54-21-9-2-10-22-54)72-50-40-64(56-25-13-4-14-26-56)52-70(72)62-29-17-6-18-30-62/h1-52H. The van der Waals surface area contributed by atoms with Crippen molar-refractivity contribution in [3.05, 3.63) is 315 Å². The van der Waals surface area contributed by atoms with Gasteiger partial charge in [-0.25, -0.2) is 0 Å². The van der Waals surface area contributed by atoms with Crippen LogP contribution < -0.4 is 9.80 Å². The highest BCUT2D eigenvalue weighted by atomic mass is 15.1. The minimum atomic E-state index is 1.07. The topological polar surface area (TPSA) is 6.48 Å². The molecule has 12 aromatic rings. The van der Waals surface area contributed by atoms with E-state index in [9.17, 15) is 0 Å². The van der Waals surface area contributed by atoms with Crippen molar-refractivity contribution in [1.29, 1.82) is 0 Å². The van der Waals surface area contributed by atoms with Crippen LogP contribution in [-0.4, -0.2) is 0 Å². The number of rotatable bonds is 13. The van der Waals surface area contributed by atoms with E-state index < -0.39 is 0 Å². The molecule has 0 saturated heterocycles.